The van der Waals surface area contributed by atoms with Crippen LogP contribution >= 0.6 is 0 Å². The fraction of sp³-hybridized carbons (Fsp3) is 0.500. The van der Waals surface area contributed by atoms with Gasteiger partial charge in [0.1, 0.15) is 0 Å². The van der Waals surface area contributed by atoms with Gasteiger partial charge in [-0.05, 0) is 31.9 Å². The number of hydrogen-bond acceptors (Lipinski definition) is 4. The number of hydrogen-bond donors (Lipinski definition) is 0. The van der Waals surface area contributed by atoms with Crippen LogP contribution in [0.1, 0.15) is 34.6 Å². The molecule has 2 aromatic heterocycles. The van der Waals surface area contributed by atoms with Crippen LogP contribution in [-0.4, -0.2) is 55.6 Å². The van der Waals surface area contributed by atoms with Crippen LogP contribution in [0.4, 0.5) is 0 Å². The van der Waals surface area contributed by atoms with Crippen LogP contribution in [-0.2, 0) is 13.6 Å². The number of likely N-dealkylation sites (tertiary alicyclic amines) is 2. The molecule has 0 radical (unpaired) electrons. The minimum Gasteiger partial charge on any atom is -0.334 e. The second-order valence-corrected chi connectivity index (χ2v) is 6.85. The summed E-state index contributed by atoms with van der Waals surface area (Å²) in [4.78, 5) is 21.9. The van der Waals surface area contributed by atoms with E-state index in [4.69, 9.17) is 0 Å². The van der Waals surface area contributed by atoms with Crippen LogP contribution in [0, 0.1) is 6.92 Å². The predicted molar refractivity (Wildman–Crippen MR) is 90.4 cm³/mol. The number of carbonyl (C=O) groups excluding carboxylic acids is 1. The van der Waals surface area contributed by atoms with Crippen molar-refractivity contribution >= 4 is 5.91 Å². The van der Waals surface area contributed by atoms with Gasteiger partial charge in [0.25, 0.3) is 5.91 Å². The van der Waals surface area contributed by atoms with Gasteiger partial charge in [-0.25, -0.2) is 0 Å². The Morgan fingerprint density at radius 3 is 2.83 bits per heavy atom. The zero-order chi connectivity index (χ0) is 16.7. The Balaban J connectivity index is 1.46. The standard InChI is InChI=1S/C18H23N5O/c1-13-4-3-5-15(20-13)12-22-8-6-17-16(22)7-9-23(17)18(24)14-10-19-21(2)11-14/h3-5,10-11,16-17H,6-9,12H2,1-2H3/t16-,17+/m1/s1. The molecule has 2 fully saturated rings. The number of aryl methyl sites for hydroxylation is 2. The maximum absolute atomic E-state index is 12.8. The third kappa shape index (κ3) is 2.71. The van der Waals surface area contributed by atoms with Crippen LogP contribution in [0.25, 0.3) is 0 Å². The van der Waals surface area contributed by atoms with Crippen LogP contribution in [0.3, 0.4) is 0 Å². The Kier molecular flexibility index (Phi) is 3.84. The molecule has 2 atom stereocenters. The highest BCUT2D eigenvalue weighted by atomic mass is 16.2. The van der Waals surface area contributed by atoms with E-state index in [0.717, 1.165) is 43.9 Å². The monoisotopic (exact) mass is 325 g/mol. The molecular formula is C18H23N5O. The number of aromatic nitrogens is 3. The Morgan fingerprint density at radius 2 is 2.08 bits per heavy atom. The van der Waals surface area contributed by atoms with E-state index in [2.05, 4.69) is 27.1 Å². The molecule has 0 saturated carbocycles. The number of fused-ring (bicyclic) bond motifs is 1. The van der Waals surface area contributed by atoms with Gasteiger partial charge in [0.2, 0.25) is 0 Å². The topological polar surface area (TPSA) is 54.3 Å². The minimum absolute atomic E-state index is 0.117. The lowest BCUT2D eigenvalue weighted by Crippen LogP contribution is -2.39. The molecule has 0 unspecified atom stereocenters. The van der Waals surface area contributed by atoms with Crippen molar-refractivity contribution in [3.8, 4) is 0 Å². The average molecular weight is 325 g/mol. The maximum Gasteiger partial charge on any atom is 0.257 e. The van der Waals surface area contributed by atoms with Gasteiger partial charge in [-0.2, -0.15) is 5.10 Å². The fourth-order valence-corrected chi connectivity index (χ4v) is 4.12. The highest BCUT2D eigenvalue weighted by Crippen LogP contribution is 2.33. The Labute approximate surface area is 142 Å². The summed E-state index contributed by atoms with van der Waals surface area (Å²) < 4.78 is 1.69. The van der Waals surface area contributed by atoms with E-state index in [9.17, 15) is 4.79 Å². The molecule has 2 saturated heterocycles. The van der Waals surface area contributed by atoms with Crippen LogP contribution in [0.5, 0.6) is 0 Å². The van der Waals surface area contributed by atoms with Crippen molar-refractivity contribution in [2.75, 3.05) is 13.1 Å². The smallest absolute Gasteiger partial charge is 0.257 e. The van der Waals surface area contributed by atoms with Crippen molar-refractivity contribution in [3.63, 3.8) is 0 Å². The normalized spacial score (nSPS) is 23.7. The van der Waals surface area contributed by atoms with Crippen LogP contribution in [0.2, 0.25) is 0 Å². The molecular weight excluding hydrogens is 302 g/mol. The van der Waals surface area contributed by atoms with Crippen LogP contribution in [0.15, 0.2) is 30.6 Å². The third-order valence-electron chi connectivity index (χ3n) is 5.22. The Morgan fingerprint density at radius 1 is 1.25 bits per heavy atom. The molecule has 0 bridgehead atoms. The second kappa shape index (κ2) is 6.02. The molecule has 0 aliphatic carbocycles. The van der Waals surface area contributed by atoms with Crippen molar-refractivity contribution in [2.45, 2.75) is 38.4 Å². The fourth-order valence-electron chi connectivity index (χ4n) is 4.12. The van der Waals surface area contributed by atoms with Gasteiger partial charge in [0, 0.05) is 50.7 Å². The molecule has 2 aromatic rings. The number of rotatable bonds is 3. The van der Waals surface area contributed by atoms with Gasteiger partial charge in [-0.1, -0.05) is 6.07 Å². The molecule has 2 aliphatic heterocycles. The van der Waals surface area contributed by atoms with Gasteiger partial charge in [-0.15, -0.1) is 0 Å². The molecule has 24 heavy (non-hydrogen) atoms. The molecule has 4 heterocycles. The lowest BCUT2D eigenvalue weighted by molar-refractivity contribution is 0.0731. The van der Waals surface area contributed by atoms with Gasteiger partial charge < -0.3 is 4.90 Å². The first-order valence-electron chi connectivity index (χ1n) is 8.58. The lowest BCUT2D eigenvalue weighted by Gasteiger charge is -2.25. The summed E-state index contributed by atoms with van der Waals surface area (Å²) in [7, 11) is 1.84. The van der Waals surface area contributed by atoms with E-state index in [1.807, 2.05) is 24.9 Å². The summed E-state index contributed by atoms with van der Waals surface area (Å²) in [5, 5.41) is 4.12. The highest BCUT2D eigenvalue weighted by molar-refractivity contribution is 5.94. The van der Waals surface area contributed by atoms with Gasteiger partial charge >= 0.3 is 0 Å². The first-order valence-corrected chi connectivity index (χ1v) is 8.58. The van der Waals surface area contributed by atoms with E-state index in [0.29, 0.717) is 17.6 Å². The molecule has 0 N–H and O–H groups in total. The number of pyridine rings is 1. The summed E-state index contributed by atoms with van der Waals surface area (Å²) in [6.45, 7) is 4.76. The van der Waals surface area contributed by atoms with Crippen molar-refractivity contribution in [2.24, 2.45) is 7.05 Å². The zero-order valence-electron chi connectivity index (χ0n) is 14.2. The van der Waals surface area contributed by atoms with Gasteiger partial charge in [0.05, 0.1) is 17.5 Å². The van der Waals surface area contributed by atoms with Gasteiger partial charge in [-0.3, -0.25) is 19.4 Å². The molecule has 126 valence electrons. The van der Waals surface area contributed by atoms with E-state index in [-0.39, 0.29) is 5.91 Å². The number of nitrogens with zero attached hydrogens (tertiary/aromatic N) is 5. The summed E-state index contributed by atoms with van der Waals surface area (Å²) in [6, 6.07) is 6.96. The first kappa shape index (κ1) is 15.3. The highest BCUT2D eigenvalue weighted by Gasteiger charge is 2.44. The van der Waals surface area contributed by atoms with Crippen molar-refractivity contribution in [3.05, 3.63) is 47.5 Å². The largest absolute Gasteiger partial charge is 0.334 e. The minimum atomic E-state index is 0.117. The average Bonchev–Trinajstić information content (AvgIpc) is 3.24. The maximum atomic E-state index is 12.8. The molecule has 1 amide bonds. The van der Waals surface area contributed by atoms with E-state index < -0.39 is 0 Å². The molecule has 4 rings (SSSR count). The molecule has 6 heteroatoms. The van der Waals surface area contributed by atoms with Crippen LogP contribution < -0.4 is 0 Å². The van der Waals surface area contributed by atoms with E-state index >= 15 is 0 Å². The predicted octanol–water partition coefficient (Wildman–Crippen LogP) is 1.61. The third-order valence-corrected chi connectivity index (χ3v) is 5.22. The zero-order valence-corrected chi connectivity index (χ0v) is 14.2. The summed E-state index contributed by atoms with van der Waals surface area (Å²) in [5.74, 6) is 0.117. The van der Waals surface area contributed by atoms with Crippen molar-refractivity contribution in [1.82, 2.24) is 24.6 Å². The Bertz CT molecular complexity index is 755. The number of amides is 1. The number of carbonyl (C=O) groups is 1. The van der Waals surface area contributed by atoms with Crippen molar-refractivity contribution in [1.29, 1.82) is 0 Å². The summed E-state index contributed by atoms with van der Waals surface area (Å²) in [5.41, 5.74) is 2.87. The summed E-state index contributed by atoms with van der Waals surface area (Å²) >= 11 is 0. The van der Waals surface area contributed by atoms with E-state index in [1.54, 1.807) is 17.1 Å². The Hall–Kier alpha value is -2.21. The van der Waals surface area contributed by atoms with Gasteiger partial charge in [0.15, 0.2) is 0 Å². The quantitative estimate of drug-likeness (QED) is 0.860. The lowest BCUT2D eigenvalue weighted by atomic mass is 10.1. The molecule has 6 nitrogen and oxygen atoms in total. The van der Waals surface area contributed by atoms with Crippen molar-refractivity contribution < 1.29 is 4.79 Å². The summed E-state index contributed by atoms with van der Waals surface area (Å²) in [6.07, 6.45) is 5.56. The molecule has 2 aliphatic rings. The SMILES string of the molecule is Cc1cccc(CN2CC[C@H]3[C@H]2CCN3C(=O)c2cnn(C)c2)n1. The molecule has 0 aromatic carbocycles. The first-order chi connectivity index (χ1) is 11.6. The second-order valence-electron chi connectivity index (χ2n) is 6.85. The van der Waals surface area contributed by atoms with E-state index in [1.165, 1.54) is 0 Å². The molecule has 0 spiro atoms.